The van der Waals surface area contributed by atoms with E-state index in [1.165, 1.54) is 6.42 Å². The number of hydrogen-bond donors (Lipinski definition) is 2. The molecule has 3 aliphatic rings. The molecule has 1 amide bonds. The maximum atomic E-state index is 13.2. The van der Waals surface area contributed by atoms with Crippen molar-refractivity contribution in [1.82, 2.24) is 15.3 Å². The Balaban J connectivity index is 1.34. The summed E-state index contributed by atoms with van der Waals surface area (Å²) in [5.74, 6) is 3.54. The quantitative estimate of drug-likeness (QED) is 0.656. The maximum Gasteiger partial charge on any atom is 0.256 e. The number of nitrogens with zero attached hydrogens (tertiary/aromatic N) is 3. The SMILES string of the molecule is Cc1ccc(CNc2nc(N3CC4CC4C3)ncc2C(=O)NC2CCC(C)CC2)cc1Cl. The molecule has 32 heavy (non-hydrogen) atoms. The third kappa shape index (κ3) is 4.70. The summed E-state index contributed by atoms with van der Waals surface area (Å²) >= 11 is 6.30. The van der Waals surface area contributed by atoms with Crippen LogP contribution in [0, 0.1) is 24.7 Å². The summed E-state index contributed by atoms with van der Waals surface area (Å²) in [6, 6.07) is 6.25. The highest BCUT2D eigenvalue weighted by atomic mass is 35.5. The lowest BCUT2D eigenvalue weighted by Gasteiger charge is -2.27. The van der Waals surface area contributed by atoms with Crippen molar-refractivity contribution in [2.45, 2.75) is 58.5 Å². The van der Waals surface area contributed by atoms with Crippen molar-refractivity contribution in [1.29, 1.82) is 0 Å². The summed E-state index contributed by atoms with van der Waals surface area (Å²) in [6.45, 7) is 6.85. The third-order valence-electron chi connectivity index (χ3n) is 7.33. The van der Waals surface area contributed by atoms with Gasteiger partial charge in [-0.2, -0.15) is 4.98 Å². The fourth-order valence-corrected chi connectivity index (χ4v) is 5.19. The second-order valence-corrected chi connectivity index (χ2v) is 10.4. The van der Waals surface area contributed by atoms with Gasteiger partial charge in [-0.25, -0.2) is 4.98 Å². The Kier molecular flexibility index (Phi) is 5.97. The first-order chi connectivity index (χ1) is 15.5. The van der Waals surface area contributed by atoms with E-state index in [2.05, 4.69) is 27.4 Å². The Morgan fingerprint density at radius 3 is 2.66 bits per heavy atom. The van der Waals surface area contributed by atoms with Crippen molar-refractivity contribution in [2.75, 3.05) is 23.3 Å². The van der Waals surface area contributed by atoms with Crippen molar-refractivity contribution in [3.8, 4) is 0 Å². The molecule has 2 aromatic rings. The number of piperidine rings is 1. The number of nitrogens with one attached hydrogen (secondary N) is 2. The van der Waals surface area contributed by atoms with E-state index < -0.39 is 0 Å². The molecular weight excluding hydrogens is 422 g/mol. The van der Waals surface area contributed by atoms with Crippen LogP contribution in [0.3, 0.4) is 0 Å². The summed E-state index contributed by atoms with van der Waals surface area (Å²) in [7, 11) is 0. The Hall–Kier alpha value is -2.34. The molecule has 1 aromatic carbocycles. The van der Waals surface area contributed by atoms with Crippen LogP contribution in [-0.2, 0) is 6.54 Å². The number of carbonyl (C=O) groups is 1. The molecule has 6 nitrogen and oxygen atoms in total. The summed E-state index contributed by atoms with van der Waals surface area (Å²) in [6.07, 6.45) is 7.42. The van der Waals surface area contributed by atoms with E-state index >= 15 is 0 Å². The second kappa shape index (κ2) is 8.89. The molecule has 1 aliphatic heterocycles. The van der Waals surface area contributed by atoms with Crippen LogP contribution in [0.1, 0.15) is 60.5 Å². The first kappa shape index (κ1) is 21.5. The van der Waals surface area contributed by atoms with E-state index in [4.69, 9.17) is 16.6 Å². The summed E-state index contributed by atoms with van der Waals surface area (Å²) < 4.78 is 0. The number of halogens is 1. The smallest absolute Gasteiger partial charge is 0.256 e. The van der Waals surface area contributed by atoms with Crippen LogP contribution < -0.4 is 15.5 Å². The van der Waals surface area contributed by atoms with Gasteiger partial charge in [0, 0.05) is 36.9 Å². The average Bonchev–Trinajstić information content (AvgIpc) is 3.40. The van der Waals surface area contributed by atoms with Crippen LogP contribution in [0.5, 0.6) is 0 Å². The zero-order valence-electron chi connectivity index (χ0n) is 18.9. The average molecular weight is 454 g/mol. The largest absolute Gasteiger partial charge is 0.365 e. The summed E-state index contributed by atoms with van der Waals surface area (Å²) in [4.78, 5) is 24.8. The number of fused-ring (bicyclic) bond motifs is 1. The molecule has 5 rings (SSSR count). The van der Waals surface area contributed by atoms with Crippen molar-refractivity contribution in [3.05, 3.63) is 46.1 Å². The Bertz CT molecular complexity index is 994. The van der Waals surface area contributed by atoms with Gasteiger partial charge in [0.15, 0.2) is 0 Å². The minimum Gasteiger partial charge on any atom is -0.365 e. The molecule has 2 heterocycles. The minimum absolute atomic E-state index is 0.0928. The molecule has 2 saturated carbocycles. The Morgan fingerprint density at radius 1 is 1.19 bits per heavy atom. The highest BCUT2D eigenvalue weighted by Gasteiger charge is 2.46. The first-order valence-electron chi connectivity index (χ1n) is 11.9. The Morgan fingerprint density at radius 2 is 1.94 bits per heavy atom. The zero-order valence-corrected chi connectivity index (χ0v) is 19.7. The fraction of sp³-hybridized carbons (Fsp3) is 0.560. The van der Waals surface area contributed by atoms with Crippen LogP contribution in [-0.4, -0.2) is 35.0 Å². The molecule has 7 heteroatoms. The molecule has 0 spiro atoms. The van der Waals surface area contributed by atoms with Gasteiger partial charge in [0.05, 0.1) is 0 Å². The van der Waals surface area contributed by atoms with Gasteiger partial charge in [-0.1, -0.05) is 30.7 Å². The van der Waals surface area contributed by atoms with Gasteiger partial charge in [-0.3, -0.25) is 4.79 Å². The normalized spacial score (nSPS) is 26.5. The maximum absolute atomic E-state index is 13.2. The summed E-state index contributed by atoms with van der Waals surface area (Å²) in [5.41, 5.74) is 2.61. The van der Waals surface area contributed by atoms with Crippen molar-refractivity contribution in [3.63, 3.8) is 0 Å². The van der Waals surface area contributed by atoms with Crippen LogP contribution in [0.4, 0.5) is 11.8 Å². The molecule has 2 N–H and O–H groups in total. The molecule has 170 valence electrons. The highest BCUT2D eigenvalue weighted by Crippen LogP contribution is 2.45. The third-order valence-corrected chi connectivity index (χ3v) is 7.74. The number of hydrogen-bond acceptors (Lipinski definition) is 5. The van der Waals surface area contributed by atoms with E-state index in [0.29, 0.717) is 23.9 Å². The number of carbonyl (C=O) groups excluding carboxylic acids is 1. The van der Waals surface area contributed by atoms with E-state index in [9.17, 15) is 4.79 Å². The lowest BCUT2D eigenvalue weighted by Crippen LogP contribution is -2.38. The number of aromatic nitrogens is 2. The number of anilines is 2. The zero-order chi connectivity index (χ0) is 22.2. The topological polar surface area (TPSA) is 70.2 Å². The van der Waals surface area contributed by atoms with Crippen molar-refractivity contribution >= 4 is 29.3 Å². The van der Waals surface area contributed by atoms with Gasteiger partial charge >= 0.3 is 0 Å². The lowest BCUT2D eigenvalue weighted by molar-refractivity contribution is 0.0923. The minimum atomic E-state index is -0.0928. The number of aryl methyl sites for hydroxylation is 1. The van der Waals surface area contributed by atoms with Crippen LogP contribution in [0.15, 0.2) is 24.4 Å². The molecular formula is C25H32ClN5O. The predicted molar refractivity (Wildman–Crippen MR) is 128 cm³/mol. The van der Waals surface area contributed by atoms with Gasteiger partial charge < -0.3 is 15.5 Å². The van der Waals surface area contributed by atoms with E-state index in [0.717, 1.165) is 72.7 Å². The molecule has 0 bridgehead atoms. The molecule has 1 aromatic heterocycles. The molecule has 1 saturated heterocycles. The summed E-state index contributed by atoms with van der Waals surface area (Å²) in [5, 5.41) is 7.35. The number of benzene rings is 1. The fourth-order valence-electron chi connectivity index (χ4n) is 4.99. The van der Waals surface area contributed by atoms with Gasteiger partial charge in [0.2, 0.25) is 5.95 Å². The van der Waals surface area contributed by atoms with Gasteiger partial charge in [0.1, 0.15) is 11.4 Å². The van der Waals surface area contributed by atoms with Crippen LogP contribution >= 0.6 is 11.6 Å². The van der Waals surface area contributed by atoms with Crippen molar-refractivity contribution < 1.29 is 4.79 Å². The predicted octanol–water partition coefficient (Wildman–Crippen LogP) is 4.82. The standard InChI is InChI=1S/C25H32ClN5O/c1-15-3-7-20(8-4-15)29-24(32)21-12-28-25(31-13-18-10-19(18)14-31)30-23(21)27-11-17-6-5-16(2)22(26)9-17/h5-6,9,12,15,18-20H,3-4,7-8,10-11,13-14H2,1-2H3,(H,29,32)(H,27,28,30). The monoisotopic (exact) mass is 453 g/mol. The first-order valence-corrected chi connectivity index (χ1v) is 12.3. The second-order valence-electron chi connectivity index (χ2n) is 9.96. The number of rotatable bonds is 6. The van der Waals surface area contributed by atoms with Crippen molar-refractivity contribution in [2.24, 2.45) is 17.8 Å². The molecule has 3 fully saturated rings. The van der Waals surface area contributed by atoms with Gasteiger partial charge in [-0.15, -0.1) is 0 Å². The van der Waals surface area contributed by atoms with Gasteiger partial charge in [-0.05, 0) is 74.0 Å². The van der Waals surface area contributed by atoms with Crippen LogP contribution in [0.2, 0.25) is 5.02 Å². The van der Waals surface area contributed by atoms with E-state index in [-0.39, 0.29) is 11.9 Å². The molecule has 2 unspecified atom stereocenters. The van der Waals surface area contributed by atoms with Gasteiger partial charge in [0.25, 0.3) is 5.91 Å². The molecule has 2 aliphatic carbocycles. The Labute approximate surface area is 195 Å². The van der Waals surface area contributed by atoms with E-state index in [1.54, 1.807) is 6.20 Å². The lowest BCUT2D eigenvalue weighted by atomic mass is 9.87. The van der Waals surface area contributed by atoms with E-state index in [1.807, 2.05) is 25.1 Å². The molecule has 2 atom stereocenters. The van der Waals surface area contributed by atoms with Crippen LogP contribution in [0.25, 0.3) is 0 Å². The number of amides is 1. The molecule has 0 radical (unpaired) electrons. The highest BCUT2D eigenvalue weighted by molar-refractivity contribution is 6.31.